The zero-order chi connectivity index (χ0) is 9.52. The van der Waals surface area contributed by atoms with E-state index in [0.717, 1.165) is 6.42 Å². The average Bonchev–Trinajstić information content (AvgIpc) is 2.21. The number of methoxy groups -OCH3 is 1. The number of pyridine rings is 1. The Morgan fingerprint density at radius 3 is 2.92 bits per heavy atom. The molecule has 72 valence electrons. The normalized spacial score (nSPS) is 12.8. The zero-order valence-electron chi connectivity index (χ0n) is 8.36. The molecule has 0 aliphatic carbocycles. The van der Waals surface area contributed by atoms with Crippen molar-refractivity contribution in [1.29, 1.82) is 0 Å². The van der Waals surface area contributed by atoms with Gasteiger partial charge in [-0.25, -0.2) is 0 Å². The number of unbranched alkanes of at least 4 members (excludes halogenated alkanes) is 1. The van der Waals surface area contributed by atoms with Crippen molar-refractivity contribution in [2.24, 2.45) is 0 Å². The highest BCUT2D eigenvalue weighted by Gasteiger charge is 2.08. The van der Waals surface area contributed by atoms with E-state index in [9.17, 15) is 0 Å². The number of hydrogen-bond acceptors (Lipinski definition) is 2. The summed E-state index contributed by atoms with van der Waals surface area (Å²) in [6.07, 6.45) is 7.38. The van der Waals surface area contributed by atoms with Crippen molar-refractivity contribution in [3.8, 4) is 0 Å². The second-order valence-electron chi connectivity index (χ2n) is 3.15. The standard InChI is InChI=1S/C11H17NO/c1-3-4-7-11(13-2)10-6-5-8-12-9-10/h5-6,8-9,11H,3-4,7H2,1-2H3. The van der Waals surface area contributed by atoms with Crippen LogP contribution in [0.2, 0.25) is 0 Å². The second kappa shape index (κ2) is 5.70. The Bertz CT molecular complexity index is 223. The maximum atomic E-state index is 5.40. The van der Waals surface area contributed by atoms with Crippen LogP contribution in [0.25, 0.3) is 0 Å². The SMILES string of the molecule is CCCCC(OC)c1cccnc1. The minimum atomic E-state index is 0.216. The van der Waals surface area contributed by atoms with Gasteiger partial charge in [-0.1, -0.05) is 25.8 Å². The Kier molecular flexibility index (Phi) is 4.47. The van der Waals surface area contributed by atoms with E-state index in [4.69, 9.17) is 4.74 Å². The van der Waals surface area contributed by atoms with E-state index >= 15 is 0 Å². The van der Waals surface area contributed by atoms with Crippen molar-refractivity contribution in [2.75, 3.05) is 7.11 Å². The maximum absolute atomic E-state index is 5.40. The number of aromatic nitrogens is 1. The monoisotopic (exact) mass is 179 g/mol. The molecule has 1 heterocycles. The van der Waals surface area contributed by atoms with Crippen LogP contribution in [0.3, 0.4) is 0 Å². The summed E-state index contributed by atoms with van der Waals surface area (Å²) in [5.41, 5.74) is 1.18. The van der Waals surface area contributed by atoms with Crippen LogP contribution < -0.4 is 0 Å². The number of hydrogen-bond donors (Lipinski definition) is 0. The highest BCUT2D eigenvalue weighted by molar-refractivity contribution is 5.11. The summed E-state index contributed by atoms with van der Waals surface area (Å²) >= 11 is 0. The van der Waals surface area contributed by atoms with Crippen molar-refractivity contribution >= 4 is 0 Å². The van der Waals surface area contributed by atoms with Gasteiger partial charge >= 0.3 is 0 Å². The minimum absolute atomic E-state index is 0.216. The molecule has 0 bridgehead atoms. The molecule has 0 radical (unpaired) electrons. The van der Waals surface area contributed by atoms with Crippen molar-refractivity contribution in [2.45, 2.75) is 32.3 Å². The van der Waals surface area contributed by atoms with Crippen molar-refractivity contribution in [3.63, 3.8) is 0 Å². The molecule has 2 nitrogen and oxygen atoms in total. The van der Waals surface area contributed by atoms with Gasteiger partial charge in [0.15, 0.2) is 0 Å². The van der Waals surface area contributed by atoms with Gasteiger partial charge in [0, 0.05) is 19.5 Å². The van der Waals surface area contributed by atoms with Crippen LogP contribution in [0.4, 0.5) is 0 Å². The molecule has 1 atom stereocenters. The minimum Gasteiger partial charge on any atom is -0.377 e. The van der Waals surface area contributed by atoms with E-state index in [1.165, 1.54) is 18.4 Å². The van der Waals surface area contributed by atoms with E-state index in [0.29, 0.717) is 0 Å². The van der Waals surface area contributed by atoms with Crippen LogP contribution in [-0.2, 0) is 4.74 Å². The van der Waals surface area contributed by atoms with Gasteiger partial charge < -0.3 is 4.74 Å². The summed E-state index contributed by atoms with van der Waals surface area (Å²) in [7, 11) is 1.76. The fourth-order valence-corrected chi connectivity index (χ4v) is 1.38. The fourth-order valence-electron chi connectivity index (χ4n) is 1.38. The zero-order valence-corrected chi connectivity index (χ0v) is 8.36. The lowest BCUT2D eigenvalue weighted by molar-refractivity contribution is 0.0933. The Morgan fingerprint density at radius 2 is 2.38 bits per heavy atom. The molecule has 1 unspecified atom stereocenters. The maximum Gasteiger partial charge on any atom is 0.0836 e. The highest BCUT2D eigenvalue weighted by Crippen LogP contribution is 2.21. The first kappa shape index (κ1) is 10.2. The van der Waals surface area contributed by atoms with Gasteiger partial charge in [-0.05, 0) is 18.1 Å². The van der Waals surface area contributed by atoms with Gasteiger partial charge in [0.1, 0.15) is 0 Å². The van der Waals surface area contributed by atoms with Crippen LogP contribution in [0, 0.1) is 0 Å². The van der Waals surface area contributed by atoms with Gasteiger partial charge in [-0.2, -0.15) is 0 Å². The fraction of sp³-hybridized carbons (Fsp3) is 0.545. The molecule has 0 saturated heterocycles. The van der Waals surface area contributed by atoms with E-state index in [1.54, 1.807) is 13.3 Å². The van der Waals surface area contributed by atoms with Crippen LogP contribution in [0.5, 0.6) is 0 Å². The van der Waals surface area contributed by atoms with E-state index in [-0.39, 0.29) is 6.10 Å². The summed E-state index contributed by atoms with van der Waals surface area (Å²) in [5, 5.41) is 0. The third kappa shape index (κ3) is 3.15. The molecular weight excluding hydrogens is 162 g/mol. The first-order valence-corrected chi connectivity index (χ1v) is 4.81. The Morgan fingerprint density at radius 1 is 1.54 bits per heavy atom. The van der Waals surface area contributed by atoms with E-state index in [2.05, 4.69) is 18.0 Å². The first-order chi connectivity index (χ1) is 6.38. The quantitative estimate of drug-likeness (QED) is 0.693. The van der Waals surface area contributed by atoms with Gasteiger partial charge in [-0.15, -0.1) is 0 Å². The number of nitrogens with zero attached hydrogens (tertiary/aromatic N) is 1. The first-order valence-electron chi connectivity index (χ1n) is 4.81. The largest absolute Gasteiger partial charge is 0.377 e. The molecule has 0 aliphatic rings. The van der Waals surface area contributed by atoms with Crippen LogP contribution in [0.15, 0.2) is 24.5 Å². The molecule has 13 heavy (non-hydrogen) atoms. The molecule has 0 N–H and O–H groups in total. The highest BCUT2D eigenvalue weighted by atomic mass is 16.5. The average molecular weight is 179 g/mol. The van der Waals surface area contributed by atoms with Crippen molar-refractivity contribution < 1.29 is 4.74 Å². The third-order valence-electron chi connectivity index (χ3n) is 2.16. The topological polar surface area (TPSA) is 22.1 Å². The smallest absolute Gasteiger partial charge is 0.0836 e. The number of rotatable bonds is 5. The van der Waals surface area contributed by atoms with E-state index < -0.39 is 0 Å². The molecule has 0 amide bonds. The number of ether oxygens (including phenoxy) is 1. The predicted octanol–water partition coefficient (Wildman–Crippen LogP) is 2.96. The summed E-state index contributed by atoms with van der Waals surface area (Å²) < 4.78 is 5.40. The molecule has 0 fully saturated rings. The van der Waals surface area contributed by atoms with Gasteiger partial charge in [0.05, 0.1) is 6.10 Å². The Hall–Kier alpha value is -0.890. The van der Waals surface area contributed by atoms with Crippen LogP contribution >= 0.6 is 0 Å². The van der Waals surface area contributed by atoms with Gasteiger partial charge in [0.25, 0.3) is 0 Å². The Balaban J connectivity index is 2.56. The van der Waals surface area contributed by atoms with Gasteiger partial charge in [-0.3, -0.25) is 4.98 Å². The van der Waals surface area contributed by atoms with E-state index in [1.807, 2.05) is 12.3 Å². The summed E-state index contributed by atoms with van der Waals surface area (Å²) in [6, 6.07) is 4.02. The molecule has 0 saturated carbocycles. The summed E-state index contributed by atoms with van der Waals surface area (Å²) in [5.74, 6) is 0. The lowest BCUT2D eigenvalue weighted by Crippen LogP contribution is -2.01. The van der Waals surface area contributed by atoms with Crippen molar-refractivity contribution in [1.82, 2.24) is 4.98 Å². The van der Waals surface area contributed by atoms with Crippen LogP contribution in [-0.4, -0.2) is 12.1 Å². The lowest BCUT2D eigenvalue weighted by Gasteiger charge is -2.14. The van der Waals surface area contributed by atoms with Gasteiger partial charge in [0.2, 0.25) is 0 Å². The summed E-state index contributed by atoms with van der Waals surface area (Å²) in [6.45, 7) is 2.19. The lowest BCUT2D eigenvalue weighted by atomic mass is 10.1. The third-order valence-corrected chi connectivity index (χ3v) is 2.16. The second-order valence-corrected chi connectivity index (χ2v) is 3.15. The van der Waals surface area contributed by atoms with Crippen LogP contribution in [0.1, 0.15) is 37.9 Å². The molecule has 0 aromatic carbocycles. The Labute approximate surface area is 80.0 Å². The predicted molar refractivity (Wildman–Crippen MR) is 53.5 cm³/mol. The molecule has 0 spiro atoms. The molecular formula is C11H17NO. The molecule has 1 rings (SSSR count). The molecule has 2 heteroatoms. The molecule has 1 aromatic heterocycles. The molecule has 1 aromatic rings. The summed E-state index contributed by atoms with van der Waals surface area (Å²) in [4.78, 5) is 4.08. The molecule has 0 aliphatic heterocycles. The van der Waals surface area contributed by atoms with Crippen molar-refractivity contribution in [3.05, 3.63) is 30.1 Å².